The first-order valence-corrected chi connectivity index (χ1v) is 10.7. The maximum Gasteiger partial charge on any atom is 0.320 e. The second kappa shape index (κ2) is 6.31. The molecule has 2 amide bonds. The maximum atomic E-state index is 12.7. The molecule has 0 aromatic carbocycles. The number of nitrogens with zero attached hydrogens (tertiary/aromatic N) is 4. The predicted molar refractivity (Wildman–Crippen MR) is 104 cm³/mol. The van der Waals surface area contributed by atoms with Gasteiger partial charge < -0.3 is 10.3 Å². The Balaban J connectivity index is 1.57. The van der Waals surface area contributed by atoms with Crippen LogP contribution in [0.4, 0.5) is 10.5 Å². The Morgan fingerprint density at radius 1 is 1.33 bits per heavy atom. The molecular formula is C19H25N5O2S. The Morgan fingerprint density at radius 3 is 2.74 bits per heavy atom. The largest absolute Gasteiger partial charge is 0.351 e. The number of aromatic nitrogens is 2. The lowest BCUT2D eigenvalue weighted by atomic mass is 9.79. The van der Waals surface area contributed by atoms with Crippen molar-refractivity contribution >= 4 is 23.1 Å². The standard InChI is InChI=1S/C19H25N5O2S/c1-23-13-4-2-9-19(23,10-3-5-13)24(18(20)25)14-8-11-27-15(14)17-21-16(22-26-17)12-6-7-12/h8,11-13H,2-7,9-10H2,1H3,(H2,20,25). The van der Waals surface area contributed by atoms with Crippen molar-refractivity contribution in [3.05, 3.63) is 17.3 Å². The minimum atomic E-state index is -0.411. The van der Waals surface area contributed by atoms with Gasteiger partial charge in [-0.15, -0.1) is 11.3 Å². The van der Waals surface area contributed by atoms with E-state index < -0.39 is 6.03 Å². The van der Waals surface area contributed by atoms with Gasteiger partial charge in [0.1, 0.15) is 10.5 Å². The number of rotatable bonds is 4. The summed E-state index contributed by atoms with van der Waals surface area (Å²) >= 11 is 1.52. The molecule has 3 aliphatic rings. The Bertz CT molecular complexity index is 848. The first-order valence-electron chi connectivity index (χ1n) is 9.84. The van der Waals surface area contributed by atoms with Crippen LogP contribution < -0.4 is 10.6 Å². The van der Waals surface area contributed by atoms with Crippen LogP contribution in [0.1, 0.15) is 63.1 Å². The summed E-state index contributed by atoms with van der Waals surface area (Å²) < 4.78 is 5.55. The molecule has 1 aliphatic carbocycles. The Morgan fingerprint density at radius 2 is 2.07 bits per heavy atom. The number of urea groups is 1. The molecule has 27 heavy (non-hydrogen) atoms. The Hall–Kier alpha value is -1.93. The molecule has 0 unspecified atom stereocenters. The molecule has 2 aliphatic heterocycles. The van der Waals surface area contributed by atoms with Crippen LogP contribution in [0.2, 0.25) is 0 Å². The summed E-state index contributed by atoms with van der Waals surface area (Å²) in [4.78, 5) is 22.3. The molecular weight excluding hydrogens is 362 g/mol. The van der Waals surface area contributed by atoms with Gasteiger partial charge in [-0.1, -0.05) is 5.16 Å². The summed E-state index contributed by atoms with van der Waals surface area (Å²) in [5.41, 5.74) is 6.40. The number of amides is 2. The lowest BCUT2D eigenvalue weighted by molar-refractivity contribution is -0.0145. The number of primary amides is 1. The second-order valence-corrected chi connectivity index (χ2v) is 8.99. The molecule has 1 saturated carbocycles. The topological polar surface area (TPSA) is 88.5 Å². The van der Waals surface area contributed by atoms with Crippen molar-refractivity contribution in [2.24, 2.45) is 5.73 Å². The highest BCUT2D eigenvalue weighted by Gasteiger charge is 2.50. The van der Waals surface area contributed by atoms with Gasteiger partial charge in [0.05, 0.1) is 5.69 Å². The predicted octanol–water partition coefficient (Wildman–Crippen LogP) is 3.93. The number of piperidine rings is 2. The Kier molecular flexibility index (Phi) is 4.01. The van der Waals surface area contributed by atoms with Crippen LogP contribution in [-0.2, 0) is 0 Å². The lowest BCUT2D eigenvalue weighted by Crippen LogP contribution is -2.68. The van der Waals surface area contributed by atoms with E-state index in [4.69, 9.17) is 10.3 Å². The van der Waals surface area contributed by atoms with Crippen LogP contribution in [0.5, 0.6) is 0 Å². The van der Waals surface area contributed by atoms with E-state index in [-0.39, 0.29) is 5.66 Å². The number of thiophene rings is 1. The number of fused-ring (bicyclic) bond motifs is 2. The van der Waals surface area contributed by atoms with Crippen LogP contribution in [0.3, 0.4) is 0 Å². The molecule has 2 saturated heterocycles. The van der Waals surface area contributed by atoms with E-state index in [1.807, 2.05) is 16.3 Å². The molecule has 2 aromatic heterocycles. The van der Waals surface area contributed by atoms with Crippen molar-refractivity contribution in [1.29, 1.82) is 0 Å². The van der Waals surface area contributed by atoms with Crippen LogP contribution >= 0.6 is 11.3 Å². The van der Waals surface area contributed by atoms with E-state index >= 15 is 0 Å². The molecule has 2 N–H and O–H groups in total. The van der Waals surface area contributed by atoms with Crippen LogP contribution in [0, 0.1) is 0 Å². The fourth-order valence-corrected chi connectivity index (χ4v) is 5.79. The zero-order chi connectivity index (χ0) is 18.6. The van der Waals surface area contributed by atoms with Gasteiger partial charge in [0.2, 0.25) is 0 Å². The quantitative estimate of drug-likeness (QED) is 0.859. The van der Waals surface area contributed by atoms with E-state index in [1.165, 1.54) is 24.2 Å². The molecule has 2 bridgehead atoms. The van der Waals surface area contributed by atoms with Gasteiger partial charge >= 0.3 is 6.03 Å². The highest BCUT2D eigenvalue weighted by molar-refractivity contribution is 7.14. The van der Waals surface area contributed by atoms with Crippen LogP contribution in [0.25, 0.3) is 10.8 Å². The summed E-state index contributed by atoms with van der Waals surface area (Å²) in [5, 5.41) is 6.12. The van der Waals surface area contributed by atoms with Gasteiger partial charge in [-0.3, -0.25) is 9.80 Å². The monoisotopic (exact) mass is 387 g/mol. The number of anilines is 1. The molecule has 0 atom stereocenters. The van der Waals surface area contributed by atoms with Crippen molar-refractivity contribution in [1.82, 2.24) is 15.0 Å². The Labute approximate surface area is 162 Å². The van der Waals surface area contributed by atoms with Gasteiger partial charge in [-0.2, -0.15) is 4.98 Å². The second-order valence-electron chi connectivity index (χ2n) is 8.07. The van der Waals surface area contributed by atoms with Crippen LogP contribution in [0.15, 0.2) is 16.0 Å². The smallest absolute Gasteiger partial charge is 0.320 e. The van der Waals surface area contributed by atoms with E-state index in [0.717, 1.165) is 54.9 Å². The van der Waals surface area contributed by atoms with E-state index in [0.29, 0.717) is 17.9 Å². The van der Waals surface area contributed by atoms with Crippen molar-refractivity contribution in [3.63, 3.8) is 0 Å². The van der Waals surface area contributed by atoms with Crippen LogP contribution in [-0.4, -0.2) is 39.8 Å². The van der Waals surface area contributed by atoms with Gasteiger partial charge in [0.15, 0.2) is 5.82 Å². The summed E-state index contributed by atoms with van der Waals surface area (Å²) in [5.74, 6) is 1.70. The van der Waals surface area contributed by atoms with Gasteiger partial charge in [0, 0.05) is 12.0 Å². The van der Waals surface area contributed by atoms with Crippen molar-refractivity contribution in [2.45, 2.75) is 69.0 Å². The number of carbonyl (C=O) groups is 1. The third-order valence-corrected chi connectivity index (χ3v) is 7.43. The molecule has 4 heterocycles. The summed E-state index contributed by atoms with van der Waals surface area (Å²) in [7, 11) is 2.14. The van der Waals surface area contributed by atoms with Crippen molar-refractivity contribution in [2.75, 3.05) is 11.9 Å². The lowest BCUT2D eigenvalue weighted by Gasteiger charge is -2.57. The summed E-state index contributed by atoms with van der Waals surface area (Å²) in [6, 6.07) is 2.07. The van der Waals surface area contributed by atoms with Crippen molar-refractivity contribution in [3.8, 4) is 10.8 Å². The molecule has 0 radical (unpaired) electrons. The number of nitrogens with two attached hydrogens (primary N) is 1. The normalized spacial score (nSPS) is 28.3. The van der Waals surface area contributed by atoms with Crippen molar-refractivity contribution < 1.29 is 9.32 Å². The van der Waals surface area contributed by atoms with Gasteiger partial charge in [-0.25, -0.2) is 4.79 Å². The minimum absolute atomic E-state index is 0.359. The average Bonchev–Trinajstić information content (AvgIpc) is 3.17. The molecule has 5 rings (SSSR count). The van der Waals surface area contributed by atoms with Gasteiger partial charge in [0.25, 0.3) is 5.89 Å². The number of hydrogen-bond acceptors (Lipinski definition) is 6. The minimum Gasteiger partial charge on any atom is -0.351 e. The fraction of sp³-hybridized carbons (Fsp3) is 0.632. The summed E-state index contributed by atoms with van der Waals surface area (Å²) in [6.07, 6.45) is 8.74. The highest BCUT2D eigenvalue weighted by atomic mass is 32.1. The SMILES string of the molecule is CN1C2CCCC1(N(C(N)=O)c1ccsc1-c1nc(C3CC3)no1)CCC2. The molecule has 3 fully saturated rings. The fourth-order valence-electron chi connectivity index (χ4n) is 4.99. The van der Waals surface area contributed by atoms with E-state index in [2.05, 4.69) is 22.1 Å². The third-order valence-electron chi connectivity index (χ3n) is 6.53. The highest BCUT2D eigenvalue weighted by Crippen LogP contribution is 2.48. The van der Waals surface area contributed by atoms with E-state index in [1.54, 1.807) is 0 Å². The molecule has 7 nitrogen and oxygen atoms in total. The maximum absolute atomic E-state index is 12.7. The van der Waals surface area contributed by atoms with E-state index in [9.17, 15) is 4.79 Å². The first kappa shape index (κ1) is 17.2. The zero-order valence-electron chi connectivity index (χ0n) is 15.6. The third kappa shape index (κ3) is 2.69. The number of hydrogen-bond donors (Lipinski definition) is 1. The number of carbonyl (C=O) groups excluding carboxylic acids is 1. The zero-order valence-corrected chi connectivity index (χ0v) is 16.4. The molecule has 2 aromatic rings. The molecule has 0 spiro atoms. The first-order chi connectivity index (χ1) is 13.1. The summed E-state index contributed by atoms with van der Waals surface area (Å²) in [6.45, 7) is 0. The molecule has 8 heteroatoms. The van der Waals surface area contributed by atoms with Gasteiger partial charge in [-0.05, 0) is 69.9 Å². The average molecular weight is 388 g/mol. The molecule has 144 valence electrons.